The van der Waals surface area contributed by atoms with Gasteiger partial charge in [0.15, 0.2) is 0 Å². The number of aromatic carboxylic acids is 1. The lowest BCUT2D eigenvalue weighted by molar-refractivity contribution is 0.0697. The fourth-order valence-corrected chi connectivity index (χ4v) is 2.18. The van der Waals surface area contributed by atoms with Crippen molar-refractivity contribution in [2.24, 2.45) is 0 Å². The molecule has 0 aliphatic carbocycles. The van der Waals surface area contributed by atoms with Gasteiger partial charge in [0.2, 0.25) is 10.0 Å². The summed E-state index contributed by atoms with van der Waals surface area (Å²) >= 11 is 5.91. The first-order chi connectivity index (χ1) is 8.18. The Kier molecular flexibility index (Phi) is 4.03. The van der Waals surface area contributed by atoms with E-state index in [1.54, 1.807) is 0 Å². The summed E-state index contributed by atoms with van der Waals surface area (Å²) in [6, 6.07) is 2.79. The predicted molar refractivity (Wildman–Crippen MR) is 71.7 cm³/mol. The predicted octanol–water partition coefficient (Wildman–Crippen LogP) is 2.08. The molecule has 0 saturated carbocycles. The molecule has 1 aromatic carbocycles. The molecule has 18 heavy (non-hydrogen) atoms. The number of sulfonamides is 1. The first-order valence-electron chi connectivity index (χ1n) is 4.81. The Balaban J connectivity index is 3.58. The first kappa shape index (κ1) is 14.5. The van der Waals surface area contributed by atoms with Crippen LogP contribution in [-0.4, -0.2) is 32.8 Å². The van der Waals surface area contributed by atoms with Gasteiger partial charge in [-0.2, -0.15) is 0 Å². The summed E-state index contributed by atoms with van der Waals surface area (Å²) in [5, 5.41) is 8.88. The van der Waals surface area contributed by atoms with Crippen molar-refractivity contribution < 1.29 is 18.3 Å². The SMILES string of the molecule is C=Cc1cc(C(=O)O)c(Cl)c(N(C)S(C)(=O)=O)c1. The number of carboxylic acids is 1. The van der Waals surface area contributed by atoms with E-state index in [2.05, 4.69) is 6.58 Å². The topological polar surface area (TPSA) is 74.7 Å². The molecule has 0 radical (unpaired) electrons. The van der Waals surface area contributed by atoms with Gasteiger partial charge in [0, 0.05) is 7.05 Å². The van der Waals surface area contributed by atoms with Crippen LogP contribution in [0.4, 0.5) is 5.69 Å². The molecule has 0 heterocycles. The van der Waals surface area contributed by atoms with E-state index in [-0.39, 0.29) is 16.3 Å². The summed E-state index contributed by atoms with van der Waals surface area (Å²) < 4.78 is 23.8. The lowest BCUT2D eigenvalue weighted by Gasteiger charge is -2.19. The van der Waals surface area contributed by atoms with Crippen molar-refractivity contribution >= 4 is 39.4 Å². The van der Waals surface area contributed by atoms with E-state index >= 15 is 0 Å². The standard InChI is InChI=1S/C11H12ClNO4S/c1-4-7-5-8(11(14)15)10(12)9(6-7)13(2)18(3,16)17/h4-6H,1H2,2-3H3,(H,14,15). The normalized spacial score (nSPS) is 11.1. The van der Waals surface area contributed by atoms with Crippen molar-refractivity contribution in [3.8, 4) is 0 Å². The van der Waals surface area contributed by atoms with Gasteiger partial charge < -0.3 is 5.11 Å². The molecule has 0 atom stereocenters. The fraction of sp³-hybridized carbons (Fsp3) is 0.182. The second-order valence-corrected chi connectivity index (χ2v) is 6.03. The summed E-state index contributed by atoms with van der Waals surface area (Å²) in [6.07, 6.45) is 2.42. The smallest absolute Gasteiger partial charge is 0.337 e. The van der Waals surface area contributed by atoms with E-state index in [0.717, 1.165) is 10.6 Å². The zero-order chi connectivity index (χ0) is 14.1. The number of rotatable bonds is 4. The van der Waals surface area contributed by atoms with Crippen molar-refractivity contribution in [3.05, 3.63) is 34.9 Å². The van der Waals surface area contributed by atoms with Crippen molar-refractivity contribution in [2.75, 3.05) is 17.6 Å². The molecule has 0 saturated heterocycles. The van der Waals surface area contributed by atoms with Gasteiger partial charge in [0.1, 0.15) is 0 Å². The number of nitrogens with zero attached hydrogens (tertiary/aromatic N) is 1. The van der Waals surface area contributed by atoms with Gasteiger partial charge in [-0.1, -0.05) is 24.3 Å². The van der Waals surface area contributed by atoms with Crippen LogP contribution < -0.4 is 4.31 Å². The number of hydrogen-bond donors (Lipinski definition) is 1. The van der Waals surface area contributed by atoms with Crippen molar-refractivity contribution in [3.63, 3.8) is 0 Å². The minimum atomic E-state index is -3.52. The highest BCUT2D eigenvalue weighted by molar-refractivity contribution is 7.92. The second-order valence-electron chi connectivity index (χ2n) is 3.64. The third kappa shape index (κ3) is 2.83. The minimum absolute atomic E-state index is 0.106. The molecule has 1 rings (SSSR count). The van der Waals surface area contributed by atoms with Crippen LogP contribution in [-0.2, 0) is 10.0 Å². The molecule has 0 unspecified atom stereocenters. The number of carboxylic acid groups (broad SMARTS) is 1. The van der Waals surface area contributed by atoms with Gasteiger partial charge in [0.05, 0.1) is 22.5 Å². The van der Waals surface area contributed by atoms with Crippen LogP contribution in [0.15, 0.2) is 18.7 Å². The summed E-state index contributed by atoms with van der Waals surface area (Å²) in [5.41, 5.74) is 0.413. The van der Waals surface area contributed by atoms with Crippen LogP contribution in [0.5, 0.6) is 0 Å². The number of carbonyl (C=O) groups is 1. The highest BCUT2D eigenvalue weighted by Crippen LogP contribution is 2.32. The van der Waals surface area contributed by atoms with Crippen LogP contribution >= 0.6 is 11.6 Å². The maximum atomic E-state index is 11.5. The van der Waals surface area contributed by atoms with Gasteiger partial charge in [0.25, 0.3) is 0 Å². The van der Waals surface area contributed by atoms with E-state index in [1.807, 2.05) is 0 Å². The van der Waals surface area contributed by atoms with Crippen LogP contribution in [0, 0.1) is 0 Å². The monoisotopic (exact) mass is 289 g/mol. The Morgan fingerprint density at radius 3 is 2.44 bits per heavy atom. The molecule has 1 aromatic rings. The Hall–Kier alpha value is -1.53. The maximum absolute atomic E-state index is 11.5. The quantitative estimate of drug-likeness (QED) is 0.921. The largest absolute Gasteiger partial charge is 0.478 e. The van der Waals surface area contributed by atoms with Gasteiger partial charge in [-0.05, 0) is 17.7 Å². The highest BCUT2D eigenvalue weighted by Gasteiger charge is 2.20. The van der Waals surface area contributed by atoms with E-state index in [1.165, 1.54) is 25.3 Å². The van der Waals surface area contributed by atoms with E-state index in [4.69, 9.17) is 16.7 Å². The Labute approximate surface area is 110 Å². The van der Waals surface area contributed by atoms with Crippen molar-refractivity contribution in [1.29, 1.82) is 0 Å². The van der Waals surface area contributed by atoms with Gasteiger partial charge in [-0.3, -0.25) is 4.31 Å². The second kappa shape index (κ2) is 4.99. The van der Waals surface area contributed by atoms with Crippen molar-refractivity contribution in [1.82, 2.24) is 0 Å². The first-order valence-corrected chi connectivity index (χ1v) is 7.04. The number of anilines is 1. The zero-order valence-corrected chi connectivity index (χ0v) is 11.4. The van der Waals surface area contributed by atoms with E-state index in [0.29, 0.717) is 5.56 Å². The van der Waals surface area contributed by atoms with Gasteiger partial charge in [-0.15, -0.1) is 0 Å². The molecule has 0 aliphatic rings. The highest BCUT2D eigenvalue weighted by atomic mass is 35.5. The lowest BCUT2D eigenvalue weighted by Crippen LogP contribution is -2.25. The molecular weight excluding hydrogens is 278 g/mol. The summed E-state index contributed by atoms with van der Waals surface area (Å²) in [5.74, 6) is -1.23. The van der Waals surface area contributed by atoms with Crippen LogP contribution in [0.1, 0.15) is 15.9 Å². The van der Waals surface area contributed by atoms with Crippen molar-refractivity contribution in [2.45, 2.75) is 0 Å². The molecule has 7 heteroatoms. The molecule has 0 aromatic heterocycles. The third-order valence-electron chi connectivity index (χ3n) is 2.38. The Morgan fingerprint density at radius 1 is 1.50 bits per heavy atom. The van der Waals surface area contributed by atoms with Crippen LogP contribution in [0.2, 0.25) is 5.02 Å². The number of halogens is 1. The number of hydrogen-bond acceptors (Lipinski definition) is 3. The van der Waals surface area contributed by atoms with E-state index < -0.39 is 16.0 Å². The zero-order valence-electron chi connectivity index (χ0n) is 9.84. The molecule has 5 nitrogen and oxygen atoms in total. The molecule has 98 valence electrons. The molecule has 0 spiro atoms. The Morgan fingerprint density at radius 2 is 2.06 bits per heavy atom. The van der Waals surface area contributed by atoms with Gasteiger partial charge in [-0.25, -0.2) is 13.2 Å². The summed E-state index contributed by atoms with van der Waals surface area (Å²) in [6.45, 7) is 3.52. The molecule has 0 bridgehead atoms. The molecule has 0 fully saturated rings. The average Bonchev–Trinajstić information content (AvgIpc) is 2.26. The Bertz CT molecular complexity index is 610. The molecular formula is C11H12ClNO4S. The lowest BCUT2D eigenvalue weighted by atomic mass is 10.1. The summed E-state index contributed by atoms with van der Waals surface area (Å²) in [4.78, 5) is 11.0. The molecule has 0 amide bonds. The average molecular weight is 290 g/mol. The molecule has 1 N–H and O–H groups in total. The third-order valence-corrected chi connectivity index (χ3v) is 3.97. The number of benzene rings is 1. The van der Waals surface area contributed by atoms with Crippen LogP contribution in [0.3, 0.4) is 0 Å². The van der Waals surface area contributed by atoms with E-state index in [9.17, 15) is 13.2 Å². The molecule has 0 aliphatic heterocycles. The van der Waals surface area contributed by atoms with Crippen LogP contribution in [0.25, 0.3) is 6.08 Å². The van der Waals surface area contributed by atoms with Gasteiger partial charge >= 0.3 is 5.97 Å². The fourth-order valence-electron chi connectivity index (χ4n) is 1.31. The summed E-state index contributed by atoms with van der Waals surface area (Å²) in [7, 11) is -2.22. The minimum Gasteiger partial charge on any atom is -0.478 e. The maximum Gasteiger partial charge on any atom is 0.337 e.